The van der Waals surface area contributed by atoms with Gasteiger partial charge in [-0.05, 0) is 19.8 Å². The van der Waals surface area contributed by atoms with Gasteiger partial charge >= 0.3 is 0 Å². The zero-order valence-corrected chi connectivity index (χ0v) is 10.5. The summed E-state index contributed by atoms with van der Waals surface area (Å²) in [6.45, 7) is 6.01. The molecule has 90 valence electrons. The van der Waals surface area contributed by atoms with E-state index in [1.807, 2.05) is 13.8 Å². The number of rotatable bonds is 5. The Balaban J connectivity index is 3.18. The highest BCUT2D eigenvalue weighted by Gasteiger charge is 2.27. The standard InChI is InChI=1S/C12H20N2O2/c1-5-7-9-8-10(15)14-11(13-9)12(3,6-2)16-4/h8H,5-7H2,1-4H3,(H,13,14,15). The monoisotopic (exact) mass is 224 g/mol. The average Bonchev–Trinajstić information content (AvgIpc) is 2.27. The number of ether oxygens (including phenoxy) is 1. The molecule has 0 bridgehead atoms. The molecule has 4 nitrogen and oxygen atoms in total. The molecule has 0 amide bonds. The molecule has 16 heavy (non-hydrogen) atoms. The van der Waals surface area contributed by atoms with Crippen LogP contribution in [0.2, 0.25) is 0 Å². The molecule has 1 heterocycles. The molecule has 1 rings (SSSR count). The highest BCUT2D eigenvalue weighted by atomic mass is 16.5. The molecule has 1 atom stereocenters. The van der Waals surface area contributed by atoms with E-state index < -0.39 is 5.60 Å². The van der Waals surface area contributed by atoms with E-state index in [0.717, 1.165) is 25.0 Å². The van der Waals surface area contributed by atoms with Crippen molar-refractivity contribution in [3.05, 3.63) is 27.9 Å². The van der Waals surface area contributed by atoms with Crippen molar-refractivity contribution in [3.8, 4) is 0 Å². The van der Waals surface area contributed by atoms with Gasteiger partial charge in [-0.3, -0.25) is 4.79 Å². The maximum atomic E-state index is 11.5. The first-order chi connectivity index (χ1) is 7.55. The Hall–Kier alpha value is -1.16. The SMILES string of the molecule is CCCc1cc(=O)[nH]c(C(C)(CC)OC)n1. The minimum Gasteiger partial charge on any atom is -0.371 e. The summed E-state index contributed by atoms with van der Waals surface area (Å²) in [7, 11) is 1.63. The first-order valence-corrected chi connectivity index (χ1v) is 5.71. The van der Waals surface area contributed by atoms with Gasteiger partial charge in [0, 0.05) is 18.9 Å². The van der Waals surface area contributed by atoms with Crippen molar-refractivity contribution in [2.75, 3.05) is 7.11 Å². The van der Waals surface area contributed by atoms with Crippen molar-refractivity contribution in [1.29, 1.82) is 0 Å². The minimum absolute atomic E-state index is 0.106. The largest absolute Gasteiger partial charge is 0.371 e. The summed E-state index contributed by atoms with van der Waals surface area (Å²) < 4.78 is 5.43. The van der Waals surface area contributed by atoms with Crippen molar-refractivity contribution in [3.63, 3.8) is 0 Å². The van der Waals surface area contributed by atoms with Gasteiger partial charge in [0.25, 0.3) is 5.56 Å². The van der Waals surface area contributed by atoms with E-state index in [0.29, 0.717) is 5.82 Å². The van der Waals surface area contributed by atoms with Crippen LogP contribution < -0.4 is 5.56 Å². The van der Waals surface area contributed by atoms with Crippen LogP contribution in [0.1, 0.15) is 45.1 Å². The van der Waals surface area contributed by atoms with Crippen molar-refractivity contribution in [2.24, 2.45) is 0 Å². The normalized spacial score (nSPS) is 14.8. The fraction of sp³-hybridized carbons (Fsp3) is 0.667. The lowest BCUT2D eigenvalue weighted by Gasteiger charge is -2.25. The van der Waals surface area contributed by atoms with Crippen LogP contribution in [0.15, 0.2) is 10.9 Å². The number of hydrogen-bond acceptors (Lipinski definition) is 3. The second kappa shape index (κ2) is 5.25. The number of aryl methyl sites for hydroxylation is 1. The summed E-state index contributed by atoms with van der Waals surface area (Å²) in [5.74, 6) is 0.619. The molecule has 4 heteroatoms. The molecule has 0 saturated heterocycles. The Kier molecular flexibility index (Phi) is 4.24. The summed E-state index contributed by atoms with van der Waals surface area (Å²) >= 11 is 0. The lowest BCUT2D eigenvalue weighted by molar-refractivity contribution is -0.00935. The van der Waals surface area contributed by atoms with Gasteiger partial charge in [-0.25, -0.2) is 4.98 Å². The van der Waals surface area contributed by atoms with Gasteiger partial charge in [0.15, 0.2) is 0 Å². The van der Waals surface area contributed by atoms with Crippen LogP contribution in [0.25, 0.3) is 0 Å². The van der Waals surface area contributed by atoms with E-state index in [2.05, 4.69) is 16.9 Å². The minimum atomic E-state index is -0.511. The van der Waals surface area contributed by atoms with Gasteiger partial charge in [-0.1, -0.05) is 20.3 Å². The molecule has 1 N–H and O–H groups in total. The van der Waals surface area contributed by atoms with Crippen LogP contribution in [-0.4, -0.2) is 17.1 Å². The molecule has 0 aliphatic heterocycles. The van der Waals surface area contributed by atoms with Crippen molar-refractivity contribution >= 4 is 0 Å². The van der Waals surface area contributed by atoms with Gasteiger partial charge < -0.3 is 9.72 Å². The van der Waals surface area contributed by atoms with Gasteiger partial charge in [0.2, 0.25) is 0 Å². The number of nitrogens with zero attached hydrogens (tertiary/aromatic N) is 1. The van der Waals surface area contributed by atoms with Gasteiger partial charge in [0.1, 0.15) is 11.4 Å². The second-order valence-electron chi connectivity index (χ2n) is 4.12. The fourth-order valence-corrected chi connectivity index (χ4v) is 1.55. The van der Waals surface area contributed by atoms with E-state index in [1.165, 1.54) is 0 Å². The number of aromatic nitrogens is 2. The van der Waals surface area contributed by atoms with E-state index in [9.17, 15) is 4.79 Å². The maximum Gasteiger partial charge on any atom is 0.251 e. The zero-order valence-electron chi connectivity index (χ0n) is 10.5. The summed E-state index contributed by atoms with van der Waals surface area (Å²) in [6.07, 6.45) is 2.56. The fourth-order valence-electron chi connectivity index (χ4n) is 1.55. The first kappa shape index (κ1) is 12.9. The van der Waals surface area contributed by atoms with Crippen LogP contribution in [-0.2, 0) is 16.8 Å². The summed E-state index contributed by atoms with van der Waals surface area (Å²) in [6, 6.07) is 1.55. The highest BCUT2D eigenvalue weighted by molar-refractivity contribution is 5.08. The van der Waals surface area contributed by atoms with Crippen molar-refractivity contribution in [1.82, 2.24) is 9.97 Å². The van der Waals surface area contributed by atoms with Crippen LogP contribution >= 0.6 is 0 Å². The second-order valence-corrected chi connectivity index (χ2v) is 4.12. The number of hydrogen-bond donors (Lipinski definition) is 1. The topological polar surface area (TPSA) is 55.0 Å². The lowest BCUT2D eigenvalue weighted by Crippen LogP contribution is -2.29. The van der Waals surface area contributed by atoms with Crippen LogP contribution in [0, 0.1) is 0 Å². The smallest absolute Gasteiger partial charge is 0.251 e. The molecule has 0 saturated carbocycles. The predicted molar refractivity (Wildman–Crippen MR) is 63.5 cm³/mol. The predicted octanol–water partition coefficient (Wildman–Crippen LogP) is 1.99. The molecule has 0 spiro atoms. The Bertz CT molecular complexity index is 394. The average molecular weight is 224 g/mol. The van der Waals surface area contributed by atoms with Crippen molar-refractivity contribution in [2.45, 2.75) is 45.6 Å². The number of H-pyrrole nitrogens is 1. The third-order valence-electron chi connectivity index (χ3n) is 2.93. The van der Waals surface area contributed by atoms with Gasteiger partial charge in [-0.15, -0.1) is 0 Å². The summed E-state index contributed by atoms with van der Waals surface area (Å²) in [4.78, 5) is 18.7. The number of aromatic amines is 1. The highest BCUT2D eigenvalue weighted by Crippen LogP contribution is 2.24. The van der Waals surface area contributed by atoms with E-state index in [4.69, 9.17) is 4.74 Å². The van der Waals surface area contributed by atoms with Crippen LogP contribution in [0.3, 0.4) is 0 Å². The Morgan fingerprint density at radius 2 is 2.19 bits per heavy atom. The summed E-state index contributed by atoms with van der Waals surface area (Å²) in [5, 5.41) is 0. The molecule has 0 radical (unpaired) electrons. The quantitative estimate of drug-likeness (QED) is 0.832. The molecular weight excluding hydrogens is 204 g/mol. The number of methoxy groups -OCH3 is 1. The zero-order chi connectivity index (χ0) is 12.2. The Morgan fingerprint density at radius 1 is 1.50 bits per heavy atom. The Morgan fingerprint density at radius 3 is 2.69 bits per heavy atom. The third-order valence-corrected chi connectivity index (χ3v) is 2.93. The lowest BCUT2D eigenvalue weighted by atomic mass is 10.0. The summed E-state index contributed by atoms with van der Waals surface area (Å²) in [5.41, 5.74) is 0.214. The maximum absolute atomic E-state index is 11.5. The molecule has 1 aromatic rings. The molecule has 1 unspecified atom stereocenters. The molecule has 1 aromatic heterocycles. The van der Waals surface area contributed by atoms with Crippen LogP contribution in [0.5, 0.6) is 0 Å². The molecule has 0 fully saturated rings. The molecular formula is C12H20N2O2. The molecule has 0 aliphatic carbocycles. The number of nitrogens with one attached hydrogen (secondary N) is 1. The van der Waals surface area contributed by atoms with E-state index in [-0.39, 0.29) is 5.56 Å². The van der Waals surface area contributed by atoms with Crippen molar-refractivity contribution < 1.29 is 4.74 Å². The van der Waals surface area contributed by atoms with Gasteiger partial charge in [0.05, 0.1) is 0 Å². The van der Waals surface area contributed by atoms with E-state index in [1.54, 1.807) is 13.2 Å². The molecule has 0 aromatic carbocycles. The third kappa shape index (κ3) is 2.70. The molecule has 0 aliphatic rings. The van der Waals surface area contributed by atoms with Gasteiger partial charge in [-0.2, -0.15) is 0 Å². The first-order valence-electron chi connectivity index (χ1n) is 5.71. The van der Waals surface area contributed by atoms with Crippen LogP contribution in [0.4, 0.5) is 0 Å². The van der Waals surface area contributed by atoms with E-state index >= 15 is 0 Å². The Labute approximate surface area is 96.1 Å².